The molecule has 6 aromatic carbocycles. The summed E-state index contributed by atoms with van der Waals surface area (Å²) in [6.07, 6.45) is 2.09. The van der Waals surface area contributed by atoms with E-state index >= 15 is 0 Å². The van der Waals surface area contributed by atoms with Crippen molar-refractivity contribution in [1.82, 2.24) is 0 Å². The van der Waals surface area contributed by atoms with E-state index in [-0.39, 0.29) is 121 Å². The molecule has 322 valence electrons. The predicted molar refractivity (Wildman–Crippen MR) is 243 cm³/mol. The zero-order valence-corrected chi connectivity index (χ0v) is 46.8. The number of rotatable bonds is 22. The summed E-state index contributed by atoms with van der Waals surface area (Å²) in [6.45, 7) is 7.98. The first-order valence-electron chi connectivity index (χ1n) is 20.7. The van der Waals surface area contributed by atoms with Crippen LogP contribution >= 0.6 is 0 Å². The number of ether oxygens (including phenoxy) is 4. The van der Waals surface area contributed by atoms with Crippen molar-refractivity contribution in [3.63, 3.8) is 0 Å². The third-order valence-electron chi connectivity index (χ3n) is 9.93. The number of aryl methyl sites for hydroxylation is 4. The molecule has 6 aromatic rings. The number of benzene rings is 6. The number of hydrogen-bond acceptors (Lipinski definition) is 8. The Morgan fingerprint density at radius 3 is 1.11 bits per heavy atom. The van der Waals surface area contributed by atoms with Gasteiger partial charge in [0.1, 0.15) is 61.6 Å². The van der Waals surface area contributed by atoms with E-state index in [1.54, 1.807) is 0 Å². The van der Waals surface area contributed by atoms with Crippen molar-refractivity contribution < 1.29 is 127 Å². The molecule has 6 rings (SSSR count). The molecule has 0 bridgehead atoms. The Morgan fingerprint density at radius 2 is 0.774 bits per heavy atom. The number of aliphatic hydroxyl groups is 3. The summed E-state index contributed by atoms with van der Waals surface area (Å²) in [5, 5.41) is 31.5. The summed E-state index contributed by atoms with van der Waals surface area (Å²) in [5.41, 5.74) is 4.74. The van der Waals surface area contributed by atoms with Gasteiger partial charge in [-0.05, 0) is 116 Å². The third kappa shape index (κ3) is 19.3. The van der Waals surface area contributed by atoms with E-state index < -0.39 is 20.5 Å². The molecule has 0 saturated carbocycles. The molecule has 2 unspecified atom stereocenters. The second kappa shape index (κ2) is 29.8. The van der Waals surface area contributed by atoms with Crippen molar-refractivity contribution in [3.05, 3.63) is 180 Å². The minimum absolute atomic E-state index is 0. The van der Waals surface area contributed by atoms with Gasteiger partial charge in [0.25, 0.3) is 8.32 Å². The number of aliphatic hydroxyl groups excluding tert-OH is 3. The molecule has 0 amide bonds. The Bertz CT molecular complexity index is 2020. The molecular weight excluding hydrogens is 1220 g/mol. The van der Waals surface area contributed by atoms with Crippen molar-refractivity contribution in [3.8, 4) is 23.0 Å². The van der Waals surface area contributed by atoms with Crippen molar-refractivity contribution >= 4 is 18.7 Å². The maximum Gasteiger partial charge on any atom is 0.252 e. The van der Waals surface area contributed by atoms with E-state index in [9.17, 15) is 10.2 Å². The van der Waals surface area contributed by atoms with Crippen LogP contribution in [0.3, 0.4) is 0 Å². The minimum Gasteiger partial charge on any atom is -0.491 e. The average molecular weight is 1280 g/mol. The SMILES string of the molecule is Cc1ccc(OCC(O)COc2ccc(CCCO)cc2)cc1.Cc1ccc(OCC(O)COc2ccc(CCCO[Si](C)(c3ccccc3)c3ccccc3)cc2)cc1.[Ac].[Ac]. The summed E-state index contributed by atoms with van der Waals surface area (Å²) < 4.78 is 29.1. The molecule has 8 nitrogen and oxygen atoms in total. The van der Waals surface area contributed by atoms with Crippen molar-refractivity contribution in [2.75, 3.05) is 39.6 Å². The maximum absolute atomic E-state index is 10.2. The quantitative estimate of drug-likeness (QED) is 0.0466. The van der Waals surface area contributed by atoms with Crippen LogP contribution in [0, 0.1) is 102 Å². The van der Waals surface area contributed by atoms with E-state index in [2.05, 4.69) is 79.3 Å². The molecule has 0 aromatic heterocycles. The first-order valence-corrected chi connectivity index (χ1v) is 23.2. The summed E-state index contributed by atoms with van der Waals surface area (Å²) in [6, 6.07) is 52.4. The van der Waals surface area contributed by atoms with Crippen LogP contribution in [0.1, 0.15) is 35.1 Å². The van der Waals surface area contributed by atoms with Crippen molar-refractivity contribution in [2.24, 2.45) is 0 Å². The van der Waals surface area contributed by atoms with Crippen LogP contribution in [-0.2, 0) is 17.3 Å². The summed E-state index contributed by atoms with van der Waals surface area (Å²) >= 11 is 0. The van der Waals surface area contributed by atoms with Gasteiger partial charge in [-0.15, -0.1) is 0 Å². The van der Waals surface area contributed by atoms with Gasteiger partial charge in [-0.1, -0.05) is 120 Å². The van der Waals surface area contributed by atoms with Crippen LogP contribution in [0.2, 0.25) is 6.55 Å². The van der Waals surface area contributed by atoms with Crippen LogP contribution in [0.4, 0.5) is 0 Å². The summed E-state index contributed by atoms with van der Waals surface area (Å²) in [7, 11) is -2.26. The molecule has 3 N–H and O–H groups in total. The van der Waals surface area contributed by atoms with E-state index in [0.717, 1.165) is 48.5 Å². The molecule has 11 heteroatoms. The number of hydrogen-bond donors (Lipinski definition) is 3. The Kier molecular flexibility index (Phi) is 25.9. The van der Waals surface area contributed by atoms with Crippen molar-refractivity contribution in [1.29, 1.82) is 0 Å². The van der Waals surface area contributed by atoms with Gasteiger partial charge in [-0.25, -0.2) is 0 Å². The largest absolute Gasteiger partial charge is 0.491 e. The predicted octanol–water partition coefficient (Wildman–Crippen LogP) is 7.89. The van der Waals surface area contributed by atoms with Gasteiger partial charge in [0.2, 0.25) is 0 Å². The second-order valence-corrected chi connectivity index (χ2v) is 18.5. The summed E-state index contributed by atoms with van der Waals surface area (Å²) in [5.74, 6) is 2.94. The Labute approximate surface area is 441 Å². The van der Waals surface area contributed by atoms with E-state index in [0.29, 0.717) is 12.4 Å². The maximum atomic E-state index is 10.2. The van der Waals surface area contributed by atoms with Crippen LogP contribution in [0.15, 0.2) is 158 Å². The van der Waals surface area contributed by atoms with Gasteiger partial charge in [0.05, 0.1) is 0 Å². The van der Waals surface area contributed by atoms with E-state index in [1.807, 2.05) is 98.8 Å². The summed E-state index contributed by atoms with van der Waals surface area (Å²) in [4.78, 5) is 0. The van der Waals surface area contributed by atoms with Gasteiger partial charge in [-0.3, -0.25) is 0 Å². The van der Waals surface area contributed by atoms with Gasteiger partial charge < -0.3 is 38.7 Å². The molecule has 0 spiro atoms. The monoisotopic (exact) mass is 1280 g/mol. The molecule has 0 aliphatic heterocycles. The molecular formula is C51H60Ac2O8Si. The molecule has 0 aliphatic rings. The molecule has 0 heterocycles. The molecule has 2 atom stereocenters. The standard InChI is InChI=1S/C32H36O4Si.C19H24O4.2Ac/c1-26-15-19-29(20-16-26)34-24-28(33)25-35-30-21-17-27(18-22-30)10-9-23-36-37(2,31-11-5-3-6-12-31)32-13-7-4-8-14-32;1-15-4-8-18(9-5-15)22-13-17(21)14-23-19-10-6-16(7-11-19)3-2-12-20;;/h3-8,11-22,28,33H,9-10,23-25H2,1-2H3;4-11,17,20-21H,2-3,12-14H2,1H3;;. The van der Waals surface area contributed by atoms with Crippen LogP contribution in [-0.4, -0.2) is 75.5 Å². The van der Waals surface area contributed by atoms with Crippen LogP contribution in [0.25, 0.3) is 0 Å². The smallest absolute Gasteiger partial charge is 0.252 e. The third-order valence-corrected chi connectivity index (χ3v) is 13.6. The minimum atomic E-state index is -2.26. The Balaban J connectivity index is 0.000000354. The molecule has 2 radical (unpaired) electrons. The van der Waals surface area contributed by atoms with Crippen LogP contribution < -0.4 is 29.3 Å². The fraction of sp³-hybridized carbons (Fsp3) is 0.294. The first kappa shape index (κ1) is 53.8. The second-order valence-electron chi connectivity index (χ2n) is 15.0. The van der Waals surface area contributed by atoms with Gasteiger partial charge in [-0.2, -0.15) is 0 Å². The molecule has 0 aliphatic carbocycles. The molecule has 0 saturated heterocycles. The Morgan fingerprint density at radius 1 is 0.452 bits per heavy atom. The fourth-order valence-corrected chi connectivity index (χ4v) is 9.20. The normalized spacial score (nSPS) is 11.7. The van der Waals surface area contributed by atoms with E-state index in [1.165, 1.54) is 27.1 Å². The van der Waals surface area contributed by atoms with Crippen LogP contribution in [0.5, 0.6) is 23.0 Å². The van der Waals surface area contributed by atoms with Gasteiger partial charge in [0.15, 0.2) is 0 Å². The molecule has 0 fully saturated rings. The zero-order chi connectivity index (χ0) is 42.4. The fourth-order valence-electron chi connectivity index (χ4n) is 6.32. The van der Waals surface area contributed by atoms with E-state index in [4.69, 9.17) is 28.5 Å². The van der Waals surface area contributed by atoms with Gasteiger partial charge in [0, 0.05) is 101 Å². The topological polar surface area (TPSA) is 107 Å². The van der Waals surface area contributed by atoms with Gasteiger partial charge >= 0.3 is 0 Å². The molecule has 62 heavy (non-hydrogen) atoms. The van der Waals surface area contributed by atoms with Crippen molar-refractivity contribution in [2.45, 2.75) is 58.3 Å². The first-order chi connectivity index (χ1) is 29.2. The average Bonchev–Trinajstić information content (AvgIpc) is 3.29. The zero-order valence-electron chi connectivity index (χ0n) is 36.3. The Hall–Kier alpha value is -2.54.